The molecular weight excluding hydrogens is 550 g/mol. The zero-order valence-corrected chi connectivity index (χ0v) is 26.6. The van der Waals surface area contributed by atoms with Gasteiger partial charge in [-0.15, -0.1) is 0 Å². The molecule has 0 radical (unpaired) electrons. The molecule has 0 saturated carbocycles. The lowest BCUT2D eigenvalue weighted by molar-refractivity contribution is -0.140. The summed E-state index contributed by atoms with van der Waals surface area (Å²) in [7, 11) is 5.19. The number of amides is 2. The van der Waals surface area contributed by atoms with Crippen LogP contribution in [-0.2, 0) is 28.5 Å². The Balaban J connectivity index is 6.73. The molecule has 0 saturated heterocycles. The highest BCUT2D eigenvalue weighted by atomic mass is 16.6. The lowest BCUT2D eigenvalue weighted by Crippen LogP contribution is -2.37. The maximum Gasteiger partial charge on any atom is 0.430 e. The normalized spacial score (nSPS) is 12.9. The predicted molar refractivity (Wildman–Crippen MR) is 157 cm³/mol. The van der Waals surface area contributed by atoms with Crippen molar-refractivity contribution in [3.8, 4) is 0 Å². The van der Waals surface area contributed by atoms with Gasteiger partial charge in [0.05, 0.1) is 38.5 Å². The van der Waals surface area contributed by atoms with Crippen LogP contribution in [-0.4, -0.2) is 91.6 Å². The first-order valence-corrected chi connectivity index (χ1v) is 13.7. The number of hydrazone groups is 2. The fourth-order valence-corrected chi connectivity index (χ4v) is 3.47. The Kier molecular flexibility index (Phi) is 16.8. The van der Waals surface area contributed by atoms with E-state index in [9.17, 15) is 19.2 Å². The summed E-state index contributed by atoms with van der Waals surface area (Å²) in [5, 5.41) is 14.3. The molecule has 0 aromatic rings. The number of ether oxygens (including phenoxy) is 4. The molecular formula is C27H47N7O8. The van der Waals surface area contributed by atoms with E-state index >= 15 is 0 Å². The van der Waals surface area contributed by atoms with Crippen molar-refractivity contribution >= 4 is 35.5 Å². The second-order valence-electron chi connectivity index (χ2n) is 11.4. The first-order valence-electron chi connectivity index (χ1n) is 13.7. The van der Waals surface area contributed by atoms with Gasteiger partial charge in [-0.25, -0.2) is 19.6 Å². The molecule has 2 amide bonds. The third-order valence-corrected chi connectivity index (χ3v) is 5.35. The standard InChI is InChI=1S/C27H47N7O8/c1-26(2,3)41-24(37)33(7)30-20(17-22(35)39-9)19(15-13-11-12-14-16-29-32-28)21(18-23(36)40-10)31-34(8)25(38)42-27(4,5)6/h19H,11-18H2,1-10H3/b30-20+,31-21+. The molecule has 15 nitrogen and oxygen atoms in total. The molecule has 0 bridgehead atoms. The van der Waals surface area contributed by atoms with Gasteiger partial charge in [0.25, 0.3) is 0 Å². The first-order chi connectivity index (χ1) is 19.4. The summed E-state index contributed by atoms with van der Waals surface area (Å²) in [6.45, 7) is 10.6. The van der Waals surface area contributed by atoms with Crippen LogP contribution >= 0.6 is 0 Å². The van der Waals surface area contributed by atoms with E-state index in [2.05, 4.69) is 20.2 Å². The van der Waals surface area contributed by atoms with E-state index in [4.69, 9.17) is 24.5 Å². The van der Waals surface area contributed by atoms with E-state index in [1.807, 2.05) is 0 Å². The van der Waals surface area contributed by atoms with E-state index in [0.717, 1.165) is 22.9 Å². The SMILES string of the molecule is COC(=O)C/C(=N\N(C)C(=O)OC(C)(C)C)C(CCCCCCN=[N+]=[N-])/C(CC(=O)OC)=N/N(C)C(=O)OC(C)(C)C. The topological polar surface area (TPSA) is 185 Å². The van der Waals surface area contributed by atoms with Gasteiger partial charge in [-0.05, 0) is 59.9 Å². The maximum absolute atomic E-state index is 12.7. The van der Waals surface area contributed by atoms with Crippen molar-refractivity contribution in [1.82, 2.24) is 10.0 Å². The summed E-state index contributed by atoms with van der Waals surface area (Å²) < 4.78 is 20.6. The summed E-state index contributed by atoms with van der Waals surface area (Å²) in [6.07, 6.45) is 0.905. The number of hydrogen-bond acceptors (Lipinski definition) is 11. The van der Waals surface area contributed by atoms with Gasteiger partial charge in [0.1, 0.15) is 11.2 Å². The fraction of sp³-hybridized carbons (Fsp3) is 0.778. The van der Waals surface area contributed by atoms with Crippen LogP contribution in [0.4, 0.5) is 9.59 Å². The third kappa shape index (κ3) is 17.1. The van der Waals surface area contributed by atoms with E-state index in [-0.39, 0.29) is 24.3 Å². The molecule has 0 aliphatic carbocycles. The molecule has 0 spiro atoms. The summed E-state index contributed by atoms with van der Waals surface area (Å²) in [5.74, 6) is -2.05. The zero-order chi connectivity index (χ0) is 32.5. The highest BCUT2D eigenvalue weighted by molar-refractivity contribution is 6.15. The molecule has 0 rings (SSSR count). The number of nitrogens with zero attached hydrogens (tertiary/aromatic N) is 7. The van der Waals surface area contributed by atoms with Gasteiger partial charge in [0, 0.05) is 31.5 Å². The lowest BCUT2D eigenvalue weighted by Gasteiger charge is -2.26. The van der Waals surface area contributed by atoms with Crippen LogP contribution in [0.2, 0.25) is 0 Å². The number of carbonyl (C=O) groups excluding carboxylic acids is 4. The minimum atomic E-state index is -0.800. The molecule has 0 heterocycles. The van der Waals surface area contributed by atoms with E-state index in [1.165, 1.54) is 28.3 Å². The van der Waals surface area contributed by atoms with Crippen LogP contribution in [0.15, 0.2) is 15.3 Å². The Morgan fingerprint density at radius 1 is 0.738 bits per heavy atom. The second-order valence-corrected chi connectivity index (χ2v) is 11.4. The second kappa shape index (κ2) is 18.5. The fourth-order valence-electron chi connectivity index (χ4n) is 3.47. The van der Waals surface area contributed by atoms with Gasteiger partial charge >= 0.3 is 24.1 Å². The van der Waals surface area contributed by atoms with Gasteiger partial charge in [-0.2, -0.15) is 10.2 Å². The minimum Gasteiger partial charge on any atom is -0.469 e. The van der Waals surface area contributed by atoms with Crippen LogP contribution < -0.4 is 0 Å². The van der Waals surface area contributed by atoms with E-state index in [1.54, 1.807) is 41.5 Å². The average molecular weight is 598 g/mol. The van der Waals surface area contributed by atoms with Gasteiger partial charge in [0.15, 0.2) is 0 Å². The van der Waals surface area contributed by atoms with Crippen LogP contribution in [0.25, 0.3) is 10.4 Å². The van der Waals surface area contributed by atoms with E-state index in [0.29, 0.717) is 25.8 Å². The van der Waals surface area contributed by atoms with Gasteiger partial charge in [-0.1, -0.05) is 24.4 Å². The van der Waals surface area contributed by atoms with Gasteiger partial charge in [0.2, 0.25) is 0 Å². The van der Waals surface area contributed by atoms with Crippen molar-refractivity contribution in [2.45, 2.75) is 97.7 Å². The molecule has 238 valence electrons. The summed E-state index contributed by atoms with van der Waals surface area (Å²) in [5.41, 5.74) is 7.22. The Labute approximate surface area is 248 Å². The average Bonchev–Trinajstić information content (AvgIpc) is 2.87. The maximum atomic E-state index is 12.7. The predicted octanol–water partition coefficient (Wildman–Crippen LogP) is 5.44. The summed E-state index contributed by atoms with van der Waals surface area (Å²) >= 11 is 0. The molecule has 0 unspecified atom stereocenters. The van der Waals surface area contributed by atoms with Crippen LogP contribution in [0.1, 0.15) is 86.5 Å². The lowest BCUT2D eigenvalue weighted by atomic mass is 9.88. The number of carbonyl (C=O) groups is 4. The van der Waals surface area contributed by atoms with Crippen LogP contribution in [0.3, 0.4) is 0 Å². The van der Waals surface area contributed by atoms with Crippen LogP contribution in [0.5, 0.6) is 0 Å². The Morgan fingerprint density at radius 2 is 1.14 bits per heavy atom. The van der Waals surface area contributed by atoms with Crippen molar-refractivity contribution in [3.63, 3.8) is 0 Å². The number of methoxy groups -OCH3 is 2. The third-order valence-electron chi connectivity index (χ3n) is 5.35. The molecule has 0 fully saturated rings. The zero-order valence-electron chi connectivity index (χ0n) is 26.6. The molecule has 15 heteroatoms. The Bertz CT molecular complexity index is 958. The number of hydrogen-bond donors (Lipinski definition) is 0. The molecule has 0 aromatic carbocycles. The molecule has 0 aliphatic heterocycles. The number of azide groups is 1. The van der Waals surface area contributed by atoms with Crippen molar-refractivity contribution in [3.05, 3.63) is 10.4 Å². The molecule has 0 N–H and O–H groups in total. The Hall–Kier alpha value is -3.87. The highest BCUT2D eigenvalue weighted by Crippen LogP contribution is 2.22. The Morgan fingerprint density at radius 3 is 1.50 bits per heavy atom. The van der Waals surface area contributed by atoms with Gasteiger partial charge < -0.3 is 18.9 Å². The van der Waals surface area contributed by atoms with Gasteiger partial charge in [-0.3, -0.25) is 9.59 Å². The smallest absolute Gasteiger partial charge is 0.430 e. The summed E-state index contributed by atoms with van der Waals surface area (Å²) in [4.78, 5) is 53.2. The monoisotopic (exact) mass is 597 g/mol. The highest BCUT2D eigenvalue weighted by Gasteiger charge is 2.30. The van der Waals surface area contributed by atoms with Crippen molar-refractivity contribution in [2.24, 2.45) is 21.2 Å². The largest absolute Gasteiger partial charge is 0.469 e. The minimum absolute atomic E-state index is 0.171. The number of esters is 2. The van der Waals surface area contributed by atoms with Crippen molar-refractivity contribution in [2.75, 3.05) is 34.9 Å². The molecule has 0 aromatic heterocycles. The molecule has 0 aliphatic rings. The summed E-state index contributed by atoms with van der Waals surface area (Å²) in [6, 6.07) is 0. The number of rotatable bonds is 15. The molecule has 0 atom stereocenters. The van der Waals surface area contributed by atoms with E-state index < -0.39 is 41.2 Å². The quantitative estimate of drug-likeness (QED) is 0.0349. The van der Waals surface area contributed by atoms with Crippen LogP contribution in [0, 0.1) is 5.92 Å². The molecule has 42 heavy (non-hydrogen) atoms. The van der Waals surface area contributed by atoms with Crippen molar-refractivity contribution in [1.29, 1.82) is 0 Å². The number of unbranched alkanes of at least 4 members (excludes halogenated alkanes) is 3. The van der Waals surface area contributed by atoms with Crippen molar-refractivity contribution < 1.29 is 38.1 Å². The first kappa shape index (κ1) is 38.1.